The molecule has 4 aromatic rings. The van der Waals surface area contributed by atoms with E-state index < -0.39 is 6.10 Å². The van der Waals surface area contributed by atoms with Crippen molar-refractivity contribution in [2.24, 2.45) is 0 Å². The summed E-state index contributed by atoms with van der Waals surface area (Å²) >= 11 is 0. The molecule has 0 spiro atoms. The second-order valence-corrected chi connectivity index (χ2v) is 5.88. The van der Waals surface area contributed by atoms with Gasteiger partial charge in [0.2, 0.25) is 5.82 Å². The van der Waals surface area contributed by atoms with Crippen molar-refractivity contribution < 1.29 is 9.84 Å². The van der Waals surface area contributed by atoms with Gasteiger partial charge in [-0.15, -0.1) is 10.2 Å². The van der Waals surface area contributed by atoms with Crippen LogP contribution in [-0.4, -0.2) is 43.0 Å². The fourth-order valence-corrected chi connectivity index (χ4v) is 2.62. The maximum atomic E-state index is 10.2. The van der Waals surface area contributed by atoms with Gasteiger partial charge in [-0.25, -0.2) is 0 Å². The highest BCUT2D eigenvalue weighted by Gasteiger charge is 2.11. The lowest BCUT2D eigenvalue weighted by Crippen LogP contribution is -2.25. The van der Waals surface area contributed by atoms with Gasteiger partial charge in [-0.2, -0.15) is 4.80 Å². The molecule has 7 heteroatoms. The summed E-state index contributed by atoms with van der Waals surface area (Å²) in [4.78, 5) is 5.39. The maximum absolute atomic E-state index is 10.2. The molecular formula is C19H17N5O2. The van der Waals surface area contributed by atoms with Crippen molar-refractivity contribution in [3.63, 3.8) is 0 Å². The van der Waals surface area contributed by atoms with E-state index in [2.05, 4.69) is 20.4 Å². The molecule has 7 nitrogen and oxygen atoms in total. The van der Waals surface area contributed by atoms with Gasteiger partial charge in [0.05, 0.1) is 6.54 Å². The molecule has 0 bridgehead atoms. The molecule has 2 aromatic heterocycles. The van der Waals surface area contributed by atoms with E-state index in [0.717, 1.165) is 16.3 Å². The van der Waals surface area contributed by atoms with E-state index in [1.807, 2.05) is 54.6 Å². The molecule has 0 saturated heterocycles. The number of aliphatic hydroxyl groups excluding tert-OH is 1. The molecule has 0 saturated carbocycles. The predicted molar refractivity (Wildman–Crippen MR) is 96.5 cm³/mol. The van der Waals surface area contributed by atoms with Crippen molar-refractivity contribution in [2.45, 2.75) is 12.6 Å². The van der Waals surface area contributed by atoms with E-state index in [0.29, 0.717) is 11.6 Å². The lowest BCUT2D eigenvalue weighted by Gasteiger charge is -2.12. The van der Waals surface area contributed by atoms with E-state index in [9.17, 15) is 5.11 Å². The molecule has 0 fully saturated rings. The zero-order valence-corrected chi connectivity index (χ0v) is 13.9. The Bertz CT molecular complexity index is 1000. The van der Waals surface area contributed by atoms with E-state index in [-0.39, 0.29) is 13.2 Å². The van der Waals surface area contributed by atoms with Crippen LogP contribution in [0.25, 0.3) is 22.2 Å². The summed E-state index contributed by atoms with van der Waals surface area (Å²) in [6.45, 7) is 0.336. The molecule has 2 heterocycles. The topological polar surface area (TPSA) is 86.0 Å². The highest BCUT2D eigenvalue weighted by molar-refractivity contribution is 5.83. The number of hydrogen-bond donors (Lipinski definition) is 1. The number of tetrazole rings is 1. The van der Waals surface area contributed by atoms with Gasteiger partial charge in [0.15, 0.2) is 0 Å². The Morgan fingerprint density at radius 1 is 1.04 bits per heavy atom. The minimum atomic E-state index is -0.752. The number of ether oxygens (including phenoxy) is 1. The molecule has 0 aliphatic carbocycles. The molecule has 1 N–H and O–H groups in total. The SMILES string of the molecule is OC(COc1ccc2ccccc2c1)Cn1nnc(-c2cccnc2)n1. The van der Waals surface area contributed by atoms with Crippen molar-refractivity contribution in [3.8, 4) is 17.1 Å². The highest BCUT2D eigenvalue weighted by atomic mass is 16.5. The van der Waals surface area contributed by atoms with E-state index in [1.54, 1.807) is 12.4 Å². The molecule has 4 rings (SSSR count). The average Bonchev–Trinajstić information content (AvgIpc) is 3.15. The molecule has 0 radical (unpaired) electrons. The van der Waals surface area contributed by atoms with Crippen LogP contribution in [0.5, 0.6) is 5.75 Å². The van der Waals surface area contributed by atoms with Gasteiger partial charge in [0.25, 0.3) is 0 Å². The number of fused-ring (bicyclic) bond motifs is 1. The van der Waals surface area contributed by atoms with Crippen LogP contribution < -0.4 is 4.74 Å². The number of benzene rings is 2. The first kappa shape index (κ1) is 16.2. The lowest BCUT2D eigenvalue weighted by molar-refractivity contribution is 0.0850. The Morgan fingerprint density at radius 3 is 2.77 bits per heavy atom. The molecule has 130 valence electrons. The summed E-state index contributed by atoms with van der Waals surface area (Å²) < 4.78 is 5.69. The van der Waals surface area contributed by atoms with Gasteiger partial charge >= 0.3 is 0 Å². The van der Waals surface area contributed by atoms with Crippen LogP contribution >= 0.6 is 0 Å². The molecule has 1 unspecified atom stereocenters. The first-order chi connectivity index (χ1) is 12.8. The van der Waals surface area contributed by atoms with E-state index in [4.69, 9.17) is 4.74 Å². The lowest BCUT2D eigenvalue weighted by atomic mass is 10.1. The number of aliphatic hydroxyl groups is 1. The van der Waals surface area contributed by atoms with Crippen LogP contribution in [-0.2, 0) is 6.54 Å². The van der Waals surface area contributed by atoms with Gasteiger partial charge < -0.3 is 9.84 Å². The molecule has 2 aromatic carbocycles. The molecule has 0 amide bonds. The summed E-state index contributed by atoms with van der Waals surface area (Å²) in [6.07, 6.45) is 2.60. The molecule has 26 heavy (non-hydrogen) atoms. The predicted octanol–water partition coefficient (Wildman–Crippen LogP) is 2.33. The van der Waals surface area contributed by atoms with Gasteiger partial charge in [-0.05, 0) is 40.3 Å². The van der Waals surface area contributed by atoms with Crippen molar-refractivity contribution in [1.29, 1.82) is 0 Å². The van der Waals surface area contributed by atoms with Gasteiger partial charge in [-0.1, -0.05) is 30.3 Å². The van der Waals surface area contributed by atoms with Crippen molar-refractivity contribution in [2.75, 3.05) is 6.61 Å². The number of hydrogen-bond acceptors (Lipinski definition) is 6. The van der Waals surface area contributed by atoms with Crippen LogP contribution in [0, 0.1) is 0 Å². The molecule has 0 aliphatic heterocycles. The van der Waals surface area contributed by atoms with Crippen molar-refractivity contribution in [3.05, 3.63) is 67.0 Å². The van der Waals surface area contributed by atoms with Gasteiger partial charge in [0, 0.05) is 18.0 Å². The first-order valence-electron chi connectivity index (χ1n) is 8.26. The summed E-state index contributed by atoms with van der Waals surface area (Å²) in [6, 6.07) is 17.6. The van der Waals surface area contributed by atoms with Crippen LogP contribution in [0.3, 0.4) is 0 Å². The number of pyridine rings is 1. The molecule has 0 aliphatic rings. The molecular weight excluding hydrogens is 330 g/mol. The monoisotopic (exact) mass is 347 g/mol. The van der Waals surface area contributed by atoms with Crippen molar-refractivity contribution >= 4 is 10.8 Å². The number of nitrogens with zero attached hydrogens (tertiary/aromatic N) is 5. The third kappa shape index (κ3) is 3.68. The minimum absolute atomic E-state index is 0.141. The normalized spacial score (nSPS) is 12.2. The highest BCUT2D eigenvalue weighted by Crippen LogP contribution is 2.20. The van der Waals surface area contributed by atoms with Crippen LogP contribution in [0.1, 0.15) is 0 Å². The smallest absolute Gasteiger partial charge is 0.206 e. The quantitative estimate of drug-likeness (QED) is 0.576. The van der Waals surface area contributed by atoms with Gasteiger partial charge in [0.1, 0.15) is 18.5 Å². The number of aromatic nitrogens is 5. The Balaban J connectivity index is 1.36. The summed E-state index contributed by atoms with van der Waals surface area (Å²) in [5.41, 5.74) is 0.778. The first-order valence-corrected chi connectivity index (χ1v) is 8.26. The minimum Gasteiger partial charge on any atom is -0.491 e. The van der Waals surface area contributed by atoms with Gasteiger partial charge in [-0.3, -0.25) is 4.98 Å². The largest absolute Gasteiger partial charge is 0.491 e. The maximum Gasteiger partial charge on any atom is 0.206 e. The second kappa shape index (κ2) is 7.28. The zero-order valence-electron chi connectivity index (χ0n) is 13.9. The summed E-state index contributed by atoms with van der Waals surface area (Å²) in [7, 11) is 0. The average molecular weight is 347 g/mol. The number of rotatable bonds is 6. The Hall–Kier alpha value is -3.32. The fraction of sp³-hybridized carbons (Fsp3) is 0.158. The third-order valence-electron chi connectivity index (χ3n) is 3.91. The fourth-order valence-electron chi connectivity index (χ4n) is 2.62. The zero-order chi connectivity index (χ0) is 17.8. The summed E-state index contributed by atoms with van der Waals surface area (Å²) in [5, 5.41) is 24.6. The van der Waals surface area contributed by atoms with Crippen LogP contribution in [0.4, 0.5) is 0 Å². The Labute approximate surface area is 149 Å². The summed E-state index contributed by atoms with van der Waals surface area (Å²) in [5.74, 6) is 1.19. The van der Waals surface area contributed by atoms with E-state index in [1.165, 1.54) is 4.80 Å². The standard InChI is InChI=1S/C19H17N5O2/c25-17(12-24-22-19(21-23-24)16-6-3-9-20-11-16)13-26-18-8-7-14-4-1-2-5-15(14)10-18/h1-11,17,25H,12-13H2. The van der Waals surface area contributed by atoms with Crippen LogP contribution in [0.2, 0.25) is 0 Å². The van der Waals surface area contributed by atoms with Crippen LogP contribution in [0.15, 0.2) is 67.0 Å². The second-order valence-electron chi connectivity index (χ2n) is 5.88. The Morgan fingerprint density at radius 2 is 1.92 bits per heavy atom. The molecule has 1 atom stereocenters. The third-order valence-corrected chi connectivity index (χ3v) is 3.91. The van der Waals surface area contributed by atoms with E-state index >= 15 is 0 Å². The van der Waals surface area contributed by atoms with Crippen molar-refractivity contribution in [1.82, 2.24) is 25.2 Å². The Kier molecular flexibility index (Phi) is 4.53.